The summed E-state index contributed by atoms with van der Waals surface area (Å²) in [5, 5.41) is 7.20. The summed E-state index contributed by atoms with van der Waals surface area (Å²) >= 11 is 0. The third kappa shape index (κ3) is 4.85. The Morgan fingerprint density at radius 3 is 2.67 bits per heavy atom. The lowest BCUT2D eigenvalue weighted by atomic mass is 10.0. The van der Waals surface area contributed by atoms with Gasteiger partial charge >= 0.3 is 0 Å². The van der Waals surface area contributed by atoms with Crippen LogP contribution < -0.4 is 5.32 Å². The number of carbonyl (C=O) groups is 1. The number of carbonyl (C=O) groups excluding carboxylic acids is 1. The Kier molecular flexibility index (Phi) is 6.07. The fraction of sp³-hybridized carbons (Fsp3) is 0.304. The second-order valence-electron chi connectivity index (χ2n) is 6.94. The number of amides is 1. The van der Waals surface area contributed by atoms with Gasteiger partial charge in [-0.25, -0.2) is 0 Å². The Morgan fingerprint density at radius 1 is 1.19 bits per heavy atom. The molecule has 27 heavy (non-hydrogen) atoms. The molecule has 3 rings (SSSR count). The minimum atomic E-state index is -0.0119. The smallest absolute Gasteiger partial charge is 0.220 e. The molecule has 1 aromatic heterocycles. The topological polar surface area (TPSA) is 55.1 Å². The zero-order chi connectivity index (χ0) is 19.2. The van der Waals surface area contributed by atoms with Crippen molar-refractivity contribution in [3.8, 4) is 11.3 Å². The summed E-state index contributed by atoms with van der Waals surface area (Å²) in [7, 11) is 0. The highest BCUT2D eigenvalue weighted by Gasteiger charge is 2.14. The number of aryl methyl sites for hydroxylation is 3. The third-order valence-corrected chi connectivity index (χ3v) is 4.82. The van der Waals surface area contributed by atoms with Gasteiger partial charge < -0.3 is 9.84 Å². The summed E-state index contributed by atoms with van der Waals surface area (Å²) in [6.07, 6.45) is 3.65. The van der Waals surface area contributed by atoms with Gasteiger partial charge in [-0.05, 0) is 43.9 Å². The second kappa shape index (κ2) is 8.67. The average Bonchev–Trinajstić information content (AvgIpc) is 3.15. The van der Waals surface area contributed by atoms with Crippen molar-refractivity contribution < 1.29 is 9.32 Å². The number of hydrogen-bond acceptors (Lipinski definition) is 3. The van der Waals surface area contributed by atoms with E-state index in [2.05, 4.69) is 47.7 Å². The van der Waals surface area contributed by atoms with Crippen molar-refractivity contribution in [3.05, 3.63) is 77.0 Å². The Balaban J connectivity index is 1.59. The lowest BCUT2D eigenvalue weighted by Crippen LogP contribution is -2.26. The van der Waals surface area contributed by atoms with Crippen molar-refractivity contribution in [2.75, 3.05) is 0 Å². The maximum atomic E-state index is 12.4. The van der Waals surface area contributed by atoms with Crippen LogP contribution in [0.4, 0.5) is 0 Å². The molecule has 1 amide bonds. The van der Waals surface area contributed by atoms with E-state index in [0.717, 1.165) is 28.8 Å². The normalized spacial score (nSPS) is 12.0. The van der Waals surface area contributed by atoms with Crippen molar-refractivity contribution >= 4 is 5.91 Å². The van der Waals surface area contributed by atoms with Crippen LogP contribution in [0.1, 0.15) is 48.6 Å². The highest BCUT2D eigenvalue weighted by Crippen LogP contribution is 2.24. The fourth-order valence-electron chi connectivity index (χ4n) is 3.15. The second-order valence-corrected chi connectivity index (χ2v) is 6.94. The molecular formula is C23H26N2O2. The van der Waals surface area contributed by atoms with Crippen molar-refractivity contribution in [2.24, 2.45) is 0 Å². The zero-order valence-corrected chi connectivity index (χ0v) is 16.2. The molecule has 140 valence electrons. The molecule has 1 unspecified atom stereocenters. The Morgan fingerprint density at radius 2 is 1.96 bits per heavy atom. The van der Waals surface area contributed by atoms with Crippen LogP contribution in [0, 0.1) is 6.92 Å². The van der Waals surface area contributed by atoms with Crippen molar-refractivity contribution in [1.29, 1.82) is 0 Å². The molecule has 0 aliphatic rings. The van der Waals surface area contributed by atoms with Gasteiger partial charge in [0.25, 0.3) is 0 Å². The minimum Gasteiger partial charge on any atom is -0.364 e. The maximum absolute atomic E-state index is 12.4. The summed E-state index contributed by atoms with van der Waals surface area (Å²) in [5.74, 6) is 0.0264. The number of nitrogens with zero attached hydrogens (tertiary/aromatic N) is 1. The van der Waals surface area contributed by atoms with Crippen LogP contribution in [0.25, 0.3) is 11.3 Å². The molecule has 1 N–H and O–H groups in total. The molecule has 1 atom stereocenters. The van der Waals surface area contributed by atoms with Gasteiger partial charge in [-0.2, -0.15) is 0 Å². The maximum Gasteiger partial charge on any atom is 0.220 e. The van der Waals surface area contributed by atoms with E-state index >= 15 is 0 Å². The van der Waals surface area contributed by atoms with Gasteiger partial charge in [0, 0.05) is 17.5 Å². The first-order valence-corrected chi connectivity index (χ1v) is 9.45. The van der Waals surface area contributed by atoms with Gasteiger partial charge in [0.05, 0.1) is 6.04 Å². The number of hydrogen-bond donors (Lipinski definition) is 1. The lowest BCUT2D eigenvalue weighted by molar-refractivity contribution is -0.121. The first-order chi connectivity index (χ1) is 13.1. The SMILES string of the molecule is CCc1ccc(C(C)NC(=O)CCc2conc2-c2cccc(C)c2)cc1. The monoisotopic (exact) mass is 362 g/mol. The van der Waals surface area contributed by atoms with E-state index in [1.54, 1.807) is 6.26 Å². The van der Waals surface area contributed by atoms with Crippen LogP contribution in [-0.2, 0) is 17.6 Å². The molecule has 1 heterocycles. The van der Waals surface area contributed by atoms with Gasteiger partial charge in [-0.1, -0.05) is 60.1 Å². The highest BCUT2D eigenvalue weighted by molar-refractivity contribution is 5.77. The van der Waals surface area contributed by atoms with Crippen LogP contribution in [0.5, 0.6) is 0 Å². The predicted molar refractivity (Wildman–Crippen MR) is 107 cm³/mol. The van der Waals surface area contributed by atoms with E-state index in [4.69, 9.17) is 4.52 Å². The van der Waals surface area contributed by atoms with Crippen LogP contribution in [-0.4, -0.2) is 11.1 Å². The molecule has 2 aromatic carbocycles. The number of nitrogens with one attached hydrogen (secondary N) is 1. The van der Waals surface area contributed by atoms with E-state index in [9.17, 15) is 4.79 Å². The van der Waals surface area contributed by atoms with Gasteiger partial charge in [0.2, 0.25) is 5.91 Å². The van der Waals surface area contributed by atoms with Crippen LogP contribution >= 0.6 is 0 Å². The Hall–Kier alpha value is -2.88. The summed E-state index contributed by atoms with van der Waals surface area (Å²) in [4.78, 5) is 12.4. The molecule has 0 radical (unpaired) electrons. The summed E-state index contributed by atoms with van der Waals surface area (Å²) in [6.45, 7) is 6.19. The Labute approximate surface area is 160 Å². The zero-order valence-electron chi connectivity index (χ0n) is 16.2. The van der Waals surface area contributed by atoms with Gasteiger partial charge in [0.1, 0.15) is 12.0 Å². The first kappa shape index (κ1) is 18.9. The third-order valence-electron chi connectivity index (χ3n) is 4.82. The minimum absolute atomic E-state index is 0.0119. The van der Waals surface area contributed by atoms with Crippen molar-refractivity contribution in [2.45, 2.75) is 46.1 Å². The van der Waals surface area contributed by atoms with E-state index in [1.165, 1.54) is 11.1 Å². The van der Waals surface area contributed by atoms with E-state index < -0.39 is 0 Å². The molecule has 0 saturated heterocycles. The summed E-state index contributed by atoms with van der Waals surface area (Å²) < 4.78 is 5.16. The fourth-order valence-corrected chi connectivity index (χ4v) is 3.15. The first-order valence-electron chi connectivity index (χ1n) is 9.45. The van der Waals surface area contributed by atoms with Crippen molar-refractivity contribution in [1.82, 2.24) is 10.5 Å². The van der Waals surface area contributed by atoms with E-state index in [1.807, 2.05) is 32.0 Å². The quantitative estimate of drug-likeness (QED) is 0.642. The van der Waals surface area contributed by atoms with Gasteiger partial charge in [0.15, 0.2) is 0 Å². The Bertz CT molecular complexity index is 897. The largest absolute Gasteiger partial charge is 0.364 e. The standard InChI is InChI=1S/C23H26N2O2/c1-4-18-8-10-19(11-9-18)17(3)24-22(26)13-12-21-15-27-25-23(21)20-7-5-6-16(2)14-20/h5-11,14-15,17H,4,12-13H2,1-3H3,(H,24,26). The molecule has 4 nitrogen and oxygen atoms in total. The van der Waals surface area contributed by atoms with Crippen LogP contribution in [0.2, 0.25) is 0 Å². The summed E-state index contributed by atoms with van der Waals surface area (Å²) in [5.41, 5.74) is 6.37. The van der Waals surface area contributed by atoms with Crippen LogP contribution in [0.15, 0.2) is 59.3 Å². The molecule has 0 saturated carbocycles. The number of benzene rings is 2. The number of rotatable bonds is 7. The van der Waals surface area contributed by atoms with Crippen LogP contribution in [0.3, 0.4) is 0 Å². The molecule has 0 bridgehead atoms. The average molecular weight is 362 g/mol. The van der Waals surface area contributed by atoms with Crippen molar-refractivity contribution in [3.63, 3.8) is 0 Å². The summed E-state index contributed by atoms with van der Waals surface area (Å²) in [6, 6.07) is 16.5. The molecule has 4 heteroatoms. The van der Waals surface area contributed by atoms with E-state index in [-0.39, 0.29) is 11.9 Å². The predicted octanol–water partition coefficient (Wildman–Crippen LogP) is 5.02. The number of aromatic nitrogens is 1. The molecule has 0 spiro atoms. The molecule has 0 aliphatic heterocycles. The highest BCUT2D eigenvalue weighted by atomic mass is 16.5. The molecule has 3 aromatic rings. The lowest BCUT2D eigenvalue weighted by Gasteiger charge is -2.14. The van der Waals surface area contributed by atoms with Gasteiger partial charge in [-0.15, -0.1) is 0 Å². The molecular weight excluding hydrogens is 336 g/mol. The van der Waals surface area contributed by atoms with E-state index in [0.29, 0.717) is 12.8 Å². The molecule has 0 aliphatic carbocycles. The molecule has 0 fully saturated rings. The van der Waals surface area contributed by atoms with Gasteiger partial charge in [-0.3, -0.25) is 4.79 Å².